The molecule has 0 aromatic rings. The van der Waals surface area contributed by atoms with Gasteiger partial charge < -0.3 is 14.6 Å². The average molecular weight is 733 g/mol. The zero-order valence-corrected chi connectivity index (χ0v) is 34.8. The molecule has 0 bridgehead atoms. The van der Waals surface area contributed by atoms with E-state index in [-0.39, 0.29) is 25.2 Å². The molecule has 0 unspecified atom stereocenters. The van der Waals surface area contributed by atoms with Crippen LogP contribution >= 0.6 is 0 Å². The lowest BCUT2D eigenvalue weighted by molar-refractivity contribution is -0.161. The number of rotatable bonds is 42. The largest absolute Gasteiger partial charge is 0.462 e. The third-order valence-corrected chi connectivity index (χ3v) is 10.2. The van der Waals surface area contributed by atoms with Gasteiger partial charge in [-0.15, -0.1) is 0 Å². The van der Waals surface area contributed by atoms with Gasteiger partial charge in [0.2, 0.25) is 0 Å². The quantitative estimate of drug-likeness (QED) is 0.0384. The van der Waals surface area contributed by atoms with E-state index in [9.17, 15) is 14.7 Å². The van der Waals surface area contributed by atoms with Gasteiger partial charge in [0.25, 0.3) is 0 Å². The van der Waals surface area contributed by atoms with Gasteiger partial charge in [0.05, 0.1) is 6.61 Å². The SMILES string of the molecule is CCCCCC=CCC=CCCCCCCCCCCCC(=O)OC[C@H](CO)OC(=O)CCCCCCCCCCCCCCCCCCCCC. The van der Waals surface area contributed by atoms with Crippen LogP contribution in [0.15, 0.2) is 24.3 Å². The van der Waals surface area contributed by atoms with Crippen molar-refractivity contribution in [3.8, 4) is 0 Å². The maximum Gasteiger partial charge on any atom is 0.306 e. The number of carbonyl (C=O) groups is 2. The molecule has 0 aliphatic rings. The molecule has 306 valence electrons. The highest BCUT2D eigenvalue weighted by atomic mass is 16.6. The van der Waals surface area contributed by atoms with Crippen LogP contribution in [0.1, 0.15) is 245 Å². The fourth-order valence-electron chi connectivity index (χ4n) is 6.76. The minimum atomic E-state index is -0.768. The average Bonchev–Trinajstić information content (AvgIpc) is 3.15. The van der Waals surface area contributed by atoms with Crippen LogP contribution < -0.4 is 0 Å². The molecule has 0 spiro atoms. The van der Waals surface area contributed by atoms with E-state index in [1.54, 1.807) is 0 Å². The highest BCUT2D eigenvalue weighted by molar-refractivity contribution is 5.70. The molecule has 0 rings (SSSR count). The summed E-state index contributed by atoms with van der Waals surface area (Å²) >= 11 is 0. The Morgan fingerprint density at radius 2 is 0.769 bits per heavy atom. The molecule has 5 heteroatoms. The fraction of sp³-hybridized carbons (Fsp3) is 0.872. The van der Waals surface area contributed by atoms with Crippen molar-refractivity contribution in [2.75, 3.05) is 13.2 Å². The third-order valence-electron chi connectivity index (χ3n) is 10.2. The number of ether oxygens (including phenoxy) is 2. The zero-order chi connectivity index (χ0) is 37.8. The predicted octanol–water partition coefficient (Wildman–Crippen LogP) is 14.6. The molecule has 52 heavy (non-hydrogen) atoms. The van der Waals surface area contributed by atoms with E-state index in [0.717, 1.165) is 44.9 Å². The van der Waals surface area contributed by atoms with Crippen LogP contribution in [0.5, 0.6) is 0 Å². The highest BCUT2D eigenvalue weighted by Crippen LogP contribution is 2.16. The van der Waals surface area contributed by atoms with Gasteiger partial charge in [-0.1, -0.05) is 212 Å². The van der Waals surface area contributed by atoms with Crippen molar-refractivity contribution in [2.45, 2.75) is 251 Å². The normalized spacial score (nSPS) is 12.3. The lowest BCUT2D eigenvalue weighted by Gasteiger charge is -2.15. The number of carbonyl (C=O) groups excluding carboxylic acids is 2. The standard InChI is InChI=1S/C47H88O5/c1-3-5-7-9-11-13-15-17-19-21-23-25-27-29-31-33-35-37-39-41-46(49)51-44-45(43-48)52-47(50)42-40-38-36-34-32-30-28-26-24-22-20-18-16-14-12-10-8-6-4-2/h11,13,17,19,45,48H,3-10,12,14-16,18,20-44H2,1-2H3/t45-/m0/s1. The molecule has 1 N–H and O–H groups in total. The van der Waals surface area contributed by atoms with Crippen LogP contribution in [0.3, 0.4) is 0 Å². The minimum absolute atomic E-state index is 0.0633. The van der Waals surface area contributed by atoms with E-state index in [2.05, 4.69) is 38.2 Å². The second kappa shape index (κ2) is 43.8. The molecule has 5 nitrogen and oxygen atoms in total. The Balaban J connectivity index is 3.49. The van der Waals surface area contributed by atoms with E-state index in [0.29, 0.717) is 12.8 Å². The maximum atomic E-state index is 12.2. The number of aliphatic hydroxyl groups excluding tert-OH is 1. The van der Waals surface area contributed by atoms with E-state index < -0.39 is 6.10 Å². The van der Waals surface area contributed by atoms with Gasteiger partial charge in [-0.25, -0.2) is 0 Å². The Bertz CT molecular complexity index is 791. The Morgan fingerprint density at radius 3 is 1.17 bits per heavy atom. The lowest BCUT2D eigenvalue weighted by atomic mass is 10.0. The van der Waals surface area contributed by atoms with Crippen molar-refractivity contribution in [2.24, 2.45) is 0 Å². The summed E-state index contributed by atoms with van der Waals surface area (Å²) < 4.78 is 10.7. The molecule has 0 heterocycles. The number of aliphatic hydroxyl groups is 1. The first-order chi connectivity index (χ1) is 25.6. The van der Waals surface area contributed by atoms with Gasteiger partial charge in [0.1, 0.15) is 6.61 Å². The van der Waals surface area contributed by atoms with Crippen LogP contribution in [-0.4, -0.2) is 36.4 Å². The summed E-state index contributed by atoms with van der Waals surface area (Å²) in [6.07, 6.45) is 52.5. The number of hydrogen-bond acceptors (Lipinski definition) is 5. The summed E-state index contributed by atoms with van der Waals surface area (Å²) in [7, 11) is 0. The molecule has 0 aliphatic heterocycles. The van der Waals surface area contributed by atoms with E-state index >= 15 is 0 Å². The number of esters is 2. The summed E-state index contributed by atoms with van der Waals surface area (Å²) in [4.78, 5) is 24.4. The van der Waals surface area contributed by atoms with E-state index in [1.165, 1.54) is 173 Å². The van der Waals surface area contributed by atoms with Gasteiger partial charge in [-0.3, -0.25) is 9.59 Å². The molecule has 1 atom stereocenters. The van der Waals surface area contributed by atoms with Crippen molar-refractivity contribution in [3.05, 3.63) is 24.3 Å². The molecule has 0 radical (unpaired) electrons. The monoisotopic (exact) mass is 733 g/mol. The van der Waals surface area contributed by atoms with Crippen LogP contribution in [0, 0.1) is 0 Å². The number of hydrogen-bond donors (Lipinski definition) is 1. The third kappa shape index (κ3) is 41.1. The van der Waals surface area contributed by atoms with E-state index in [1.807, 2.05) is 0 Å². The first kappa shape index (κ1) is 50.4. The summed E-state index contributed by atoms with van der Waals surface area (Å²) in [5.41, 5.74) is 0. The molecule has 0 aliphatic carbocycles. The van der Waals surface area contributed by atoms with Crippen molar-refractivity contribution in [3.63, 3.8) is 0 Å². The van der Waals surface area contributed by atoms with Crippen LogP contribution in [0.4, 0.5) is 0 Å². The minimum Gasteiger partial charge on any atom is -0.462 e. The molecular formula is C47H88O5. The second-order valence-corrected chi connectivity index (χ2v) is 15.5. The molecule has 0 aromatic heterocycles. The van der Waals surface area contributed by atoms with Crippen LogP contribution in [0.25, 0.3) is 0 Å². The van der Waals surface area contributed by atoms with E-state index in [4.69, 9.17) is 9.47 Å². The lowest BCUT2D eigenvalue weighted by Crippen LogP contribution is -2.28. The highest BCUT2D eigenvalue weighted by Gasteiger charge is 2.16. The molecule has 0 saturated heterocycles. The van der Waals surface area contributed by atoms with Crippen molar-refractivity contribution < 1.29 is 24.2 Å². The summed E-state index contributed by atoms with van der Waals surface area (Å²) in [6, 6.07) is 0. The Hall–Kier alpha value is -1.62. The van der Waals surface area contributed by atoms with Crippen molar-refractivity contribution in [1.29, 1.82) is 0 Å². The molecule has 0 saturated carbocycles. The Labute approximate surface area is 323 Å². The topological polar surface area (TPSA) is 72.8 Å². The summed E-state index contributed by atoms with van der Waals surface area (Å²) in [5, 5.41) is 9.59. The van der Waals surface area contributed by atoms with Gasteiger partial charge in [-0.2, -0.15) is 0 Å². The summed E-state index contributed by atoms with van der Waals surface area (Å²) in [6.45, 7) is 4.14. The maximum absolute atomic E-state index is 12.2. The molecular weight excluding hydrogens is 645 g/mol. The first-order valence-corrected chi connectivity index (χ1v) is 22.9. The molecule has 0 amide bonds. The van der Waals surface area contributed by atoms with Gasteiger partial charge in [0.15, 0.2) is 6.10 Å². The smallest absolute Gasteiger partial charge is 0.306 e. The fourth-order valence-corrected chi connectivity index (χ4v) is 6.76. The Morgan fingerprint density at radius 1 is 0.442 bits per heavy atom. The van der Waals surface area contributed by atoms with Gasteiger partial charge in [-0.05, 0) is 44.9 Å². The number of allylic oxidation sites excluding steroid dienone is 4. The molecule has 0 aromatic carbocycles. The zero-order valence-electron chi connectivity index (χ0n) is 34.8. The van der Waals surface area contributed by atoms with Crippen molar-refractivity contribution in [1.82, 2.24) is 0 Å². The van der Waals surface area contributed by atoms with Gasteiger partial charge in [0, 0.05) is 12.8 Å². The van der Waals surface area contributed by atoms with Gasteiger partial charge >= 0.3 is 11.9 Å². The van der Waals surface area contributed by atoms with Crippen LogP contribution in [0.2, 0.25) is 0 Å². The first-order valence-electron chi connectivity index (χ1n) is 22.9. The predicted molar refractivity (Wildman–Crippen MR) is 224 cm³/mol. The second-order valence-electron chi connectivity index (χ2n) is 15.5. The summed E-state index contributed by atoms with van der Waals surface area (Å²) in [5.74, 6) is -0.583. The number of unbranched alkanes of at least 4 members (excludes halogenated alkanes) is 30. The Kier molecular flexibility index (Phi) is 42.4. The van der Waals surface area contributed by atoms with Crippen LogP contribution in [-0.2, 0) is 19.1 Å². The van der Waals surface area contributed by atoms with Crippen molar-refractivity contribution >= 4 is 11.9 Å². The molecule has 0 fully saturated rings.